The van der Waals surface area contributed by atoms with Crippen molar-refractivity contribution in [3.63, 3.8) is 0 Å². The Bertz CT molecular complexity index is 1300. The van der Waals surface area contributed by atoms with Crippen LogP contribution in [0.15, 0.2) is 62.2 Å². The van der Waals surface area contributed by atoms with Crippen LogP contribution < -0.4 is 20.5 Å². The normalized spacial score (nSPS) is 11.1. The van der Waals surface area contributed by atoms with Crippen LogP contribution in [0.5, 0.6) is 17.2 Å². The second-order valence-corrected chi connectivity index (χ2v) is 7.04. The fourth-order valence-electron chi connectivity index (χ4n) is 2.78. The molecular weight excluding hydrogens is 406 g/mol. The van der Waals surface area contributed by atoms with Gasteiger partial charge in [-0.15, -0.1) is 11.3 Å². The second kappa shape index (κ2) is 8.26. The molecule has 0 fully saturated rings. The molecule has 0 aliphatic rings. The SMILES string of the molecule is COc1ccc(O)c(C=NNc2nc(-c3cc4cc(OC)ccc4oc3=O)cs2)c1. The van der Waals surface area contributed by atoms with E-state index in [1.54, 1.807) is 56.0 Å². The Morgan fingerprint density at radius 1 is 1.13 bits per heavy atom. The molecule has 0 bridgehead atoms. The van der Waals surface area contributed by atoms with E-state index < -0.39 is 5.63 Å². The summed E-state index contributed by atoms with van der Waals surface area (Å²) < 4.78 is 15.7. The molecule has 2 aromatic carbocycles. The van der Waals surface area contributed by atoms with Gasteiger partial charge in [0.15, 0.2) is 0 Å². The van der Waals surface area contributed by atoms with Crippen molar-refractivity contribution in [1.29, 1.82) is 0 Å². The average Bonchev–Trinajstić information content (AvgIpc) is 3.23. The Hall–Kier alpha value is -3.85. The van der Waals surface area contributed by atoms with E-state index in [1.807, 2.05) is 0 Å². The third-order valence-electron chi connectivity index (χ3n) is 4.32. The van der Waals surface area contributed by atoms with Crippen LogP contribution in [0, 0.1) is 0 Å². The molecule has 152 valence electrons. The maximum Gasteiger partial charge on any atom is 0.345 e. The molecule has 4 rings (SSSR count). The van der Waals surface area contributed by atoms with Gasteiger partial charge < -0.3 is 19.0 Å². The van der Waals surface area contributed by atoms with Gasteiger partial charge in [-0.05, 0) is 42.5 Å². The van der Waals surface area contributed by atoms with Gasteiger partial charge in [-0.3, -0.25) is 5.43 Å². The highest BCUT2D eigenvalue weighted by molar-refractivity contribution is 7.14. The minimum absolute atomic E-state index is 0.0744. The van der Waals surface area contributed by atoms with Crippen LogP contribution in [0.4, 0.5) is 5.13 Å². The first-order valence-electron chi connectivity index (χ1n) is 8.81. The number of aromatic hydroxyl groups is 1. The third kappa shape index (κ3) is 3.96. The summed E-state index contributed by atoms with van der Waals surface area (Å²) in [4.78, 5) is 16.8. The van der Waals surface area contributed by atoms with Crippen molar-refractivity contribution in [2.75, 3.05) is 19.6 Å². The van der Waals surface area contributed by atoms with Gasteiger partial charge in [0.2, 0.25) is 5.13 Å². The number of ether oxygens (including phenoxy) is 2. The van der Waals surface area contributed by atoms with Gasteiger partial charge in [0.25, 0.3) is 0 Å². The minimum Gasteiger partial charge on any atom is -0.507 e. The van der Waals surface area contributed by atoms with Crippen LogP contribution in [0.3, 0.4) is 0 Å². The van der Waals surface area contributed by atoms with Crippen molar-refractivity contribution >= 4 is 33.7 Å². The lowest BCUT2D eigenvalue weighted by atomic mass is 10.1. The fourth-order valence-corrected chi connectivity index (χ4v) is 3.44. The van der Waals surface area contributed by atoms with E-state index in [2.05, 4.69) is 15.5 Å². The van der Waals surface area contributed by atoms with Crippen LogP contribution in [0.1, 0.15) is 5.56 Å². The average molecular weight is 423 g/mol. The van der Waals surface area contributed by atoms with Gasteiger partial charge in [-0.25, -0.2) is 9.78 Å². The van der Waals surface area contributed by atoms with Crippen molar-refractivity contribution in [3.8, 4) is 28.5 Å². The summed E-state index contributed by atoms with van der Waals surface area (Å²) in [6.45, 7) is 0. The molecule has 2 heterocycles. The van der Waals surface area contributed by atoms with E-state index in [9.17, 15) is 9.90 Å². The standard InChI is InChI=1S/C21H17N3O5S/c1-27-14-3-5-18(25)13(8-14)10-22-24-21-23-17(11-30-21)16-9-12-7-15(28-2)4-6-19(12)29-20(16)26/h3-11,25H,1-2H3,(H,23,24). The molecule has 0 aliphatic heterocycles. The van der Waals surface area contributed by atoms with Crippen LogP contribution >= 0.6 is 11.3 Å². The molecular formula is C21H17N3O5S. The predicted molar refractivity (Wildman–Crippen MR) is 116 cm³/mol. The molecule has 0 saturated carbocycles. The maximum absolute atomic E-state index is 12.4. The molecule has 0 aliphatic carbocycles. The van der Waals surface area contributed by atoms with Gasteiger partial charge in [0.1, 0.15) is 22.8 Å². The zero-order valence-electron chi connectivity index (χ0n) is 16.1. The number of phenolic OH excluding ortho intramolecular Hbond substituents is 1. The quantitative estimate of drug-likeness (QED) is 0.273. The molecule has 0 radical (unpaired) electrons. The van der Waals surface area contributed by atoms with Gasteiger partial charge in [0, 0.05) is 16.3 Å². The van der Waals surface area contributed by atoms with E-state index in [-0.39, 0.29) is 5.75 Å². The van der Waals surface area contributed by atoms with Crippen molar-refractivity contribution in [3.05, 3.63) is 63.8 Å². The smallest absolute Gasteiger partial charge is 0.345 e. The number of fused-ring (bicyclic) bond motifs is 1. The number of nitrogens with one attached hydrogen (secondary N) is 1. The monoisotopic (exact) mass is 423 g/mol. The highest BCUT2D eigenvalue weighted by Crippen LogP contribution is 2.27. The van der Waals surface area contributed by atoms with Crippen LogP contribution in [-0.2, 0) is 0 Å². The Labute approximate surface area is 175 Å². The van der Waals surface area contributed by atoms with E-state index in [0.29, 0.717) is 39.0 Å². The van der Waals surface area contributed by atoms with Gasteiger partial charge in [0.05, 0.1) is 31.7 Å². The fraction of sp³-hybridized carbons (Fsp3) is 0.0952. The molecule has 0 saturated heterocycles. The maximum atomic E-state index is 12.4. The lowest BCUT2D eigenvalue weighted by Gasteiger charge is -2.03. The second-order valence-electron chi connectivity index (χ2n) is 6.18. The number of anilines is 1. The first-order chi connectivity index (χ1) is 14.6. The van der Waals surface area contributed by atoms with Crippen LogP contribution in [0.25, 0.3) is 22.2 Å². The van der Waals surface area contributed by atoms with E-state index in [4.69, 9.17) is 13.9 Å². The molecule has 9 heteroatoms. The molecule has 8 nitrogen and oxygen atoms in total. The summed E-state index contributed by atoms with van der Waals surface area (Å²) in [5.74, 6) is 1.34. The summed E-state index contributed by atoms with van der Waals surface area (Å²) >= 11 is 1.28. The number of rotatable bonds is 6. The summed E-state index contributed by atoms with van der Waals surface area (Å²) in [6.07, 6.45) is 1.45. The highest BCUT2D eigenvalue weighted by Gasteiger charge is 2.12. The first-order valence-corrected chi connectivity index (χ1v) is 9.69. The first kappa shape index (κ1) is 19.5. The van der Waals surface area contributed by atoms with Gasteiger partial charge in [-0.2, -0.15) is 5.10 Å². The van der Waals surface area contributed by atoms with Crippen molar-refractivity contribution in [2.24, 2.45) is 5.10 Å². The topological polar surface area (TPSA) is 106 Å². The molecule has 0 spiro atoms. The molecule has 2 aromatic heterocycles. The van der Waals surface area contributed by atoms with E-state index >= 15 is 0 Å². The largest absolute Gasteiger partial charge is 0.507 e. The van der Waals surface area contributed by atoms with Crippen molar-refractivity contribution in [1.82, 2.24) is 4.98 Å². The lowest BCUT2D eigenvalue weighted by molar-refractivity contribution is 0.412. The van der Waals surface area contributed by atoms with Crippen LogP contribution in [-0.4, -0.2) is 30.5 Å². The van der Waals surface area contributed by atoms with E-state index in [1.165, 1.54) is 23.6 Å². The van der Waals surface area contributed by atoms with E-state index in [0.717, 1.165) is 5.39 Å². The Balaban J connectivity index is 1.57. The Kier molecular flexibility index (Phi) is 5.36. The number of hydrazone groups is 1. The molecule has 0 amide bonds. The summed E-state index contributed by atoms with van der Waals surface area (Å²) in [5.41, 5.74) is 4.09. The molecule has 0 atom stereocenters. The summed E-state index contributed by atoms with van der Waals surface area (Å²) in [5, 5.41) is 16.9. The number of phenols is 1. The minimum atomic E-state index is -0.477. The molecule has 0 unspecified atom stereocenters. The number of hydrogen-bond acceptors (Lipinski definition) is 9. The predicted octanol–water partition coefficient (Wildman–Crippen LogP) is 4.09. The molecule has 2 N–H and O–H groups in total. The number of thiazole rings is 1. The van der Waals surface area contributed by atoms with Crippen LogP contribution in [0.2, 0.25) is 0 Å². The third-order valence-corrected chi connectivity index (χ3v) is 5.06. The van der Waals surface area contributed by atoms with Crippen molar-refractivity contribution < 1.29 is 19.0 Å². The number of benzene rings is 2. The zero-order chi connectivity index (χ0) is 21.1. The number of aromatic nitrogens is 1. The zero-order valence-corrected chi connectivity index (χ0v) is 16.9. The highest BCUT2D eigenvalue weighted by atomic mass is 32.1. The summed E-state index contributed by atoms with van der Waals surface area (Å²) in [7, 11) is 3.12. The molecule has 4 aromatic rings. The summed E-state index contributed by atoms with van der Waals surface area (Å²) in [6, 6.07) is 11.8. The Morgan fingerprint density at radius 2 is 1.90 bits per heavy atom. The molecule has 30 heavy (non-hydrogen) atoms. The van der Waals surface area contributed by atoms with Gasteiger partial charge in [-0.1, -0.05) is 0 Å². The Morgan fingerprint density at radius 3 is 2.70 bits per heavy atom. The number of hydrogen-bond donors (Lipinski definition) is 2. The lowest BCUT2D eigenvalue weighted by Crippen LogP contribution is -2.03. The number of nitrogens with zero attached hydrogens (tertiary/aromatic N) is 2. The van der Waals surface area contributed by atoms with Crippen molar-refractivity contribution in [2.45, 2.75) is 0 Å². The number of methoxy groups -OCH3 is 2. The van der Waals surface area contributed by atoms with Gasteiger partial charge >= 0.3 is 5.63 Å².